The van der Waals surface area contributed by atoms with Crippen LogP contribution in [0.5, 0.6) is 5.75 Å². The highest BCUT2D eigenvalue weighted by Crippen LogP contribution is 2.23. The van der Waals surface area contributed by atoms with E-state index in [0.717, 1.165) is 29.2 Å². The Labute approximate surface area is 118 Å². The molecule has 1 amide bonds. The molecule has 0 saturated carbocycles. The van der Waals surface area contributed by atoms with Crippen LogP contribution in [0, 0.1) is 0 Å². The molecule has 0 fully saturated rings. The molecule has 0 unspecified atom stereocenters. The predicted molar refractivity (Wildman–Crippen MR) is 66.9 cm³/mol. The highest BCUT2D eigenvalue weighted by atomic mass is 19.4. The number of carbonyl (C=O) groups is 2. The summed E-state index contributed by atoms with van der Waals surface area (Å²) >= 11 is 0. The van der Waals surface area contributed by atoms with E-state index in [1.807, 2.05) is 0 Å². The number of aliphatic carboxylic acids is 1. The van der Waals surface area contributed by atoms with E-state index in [9.17, 15) is 22.8 Å². The summed E-state index contributed by atoms with van der Waals surface area (Å²) < 4.78 is 39.7. The first-order valence-electron chi connectivity index (χ1n) is 5.70. The average Bonchev–Trinajstić information content (AvgIpc) is 2.36. The Morgan fingerprint density at radius 1 is 1.29 bits per heavy atom. The Kier molecular flexibility index (Phi) is 5.34. The summed E-state index contributed by atoms with van der Waals surface area (Å²) in [7, 11) is 0. The lowest BCUT2D eigenvalue weighted by Gasteiger charge is -2.19. The topological polar surface area (TPSA) is 66.8 Å². The van der Waals surface area contributed by atoms with Crippen LogP contribution in [-0.4, -0.2) is 41.3 Å². The number of amides is 1. The number of carboxylic acids is 1. The van der Waals surface area contributed by atoms with Gasteiger partial charge in [0, 0.05) is 12.1 Å². The fourth-order valence-corrected chi connectivity index (χ4v) is 1.52. The fraction of sp³-hybridized carbons (Fsp3) is 0.231. The summed E-state index contributed by atoms with van der Waals surface area (Å²) in [5.41, 5.74) is 0.0487. The van der Waals surface area contributed by atoms with Crippen LogP contribution >= 0.6 is 0 Å². The van der Waals surface area contributed by atoms with Crippen LogP contribution in [0.3, 0.4) is 0 Å². The Balaban J connectivity index is 2.86. The van der Waals surface area contributed by atoms with E-state index in [1.165, 1.54) is 6.08 Å². The second-order valence-electron chi connectivity index (χ2n) is 3.94. The van der Waals surface area contributed by atoms with E-state index in [0.29, 0.717) is 0 Å². The first-order chi connectivity index (χ1) is 9.73. The molecule has 0 spiro atoms. The Hall–Kier alpha value is -2.51. The molecule has 1 aromatic carbocycles. The molecule has 0 saturated heterocycles. The minimum Gasteiger partial charge on any atom is -0.480 e. The second-order valence-corrected chi connectivity index (χ2v) is 3.94. The zero-order chi connectivity index (χ0) is 16.0. The average molecular weight is 303 g/mol. The van der Waals surface area contributed by atoms with Gasteiger partial charge in [-0.3, -0.25) is 9.59 Å². The molecule has 0 radical (unpaired) electrons. The standard InChI is InChI=1S/C13H12F3NO4/c1-2-7-17(8-11(18)19)12(20)9-3-5-10(6-4-9)21-13(14,15)16/h2-6H,1,7-8H2,(H,18,19). The van der Waals surface area contributed by atoms with Crippen LogP contribution in [0.1, 0.15) is 10.4 Å². The van der Waals surface area contributed by atoms with E-state index >= 15 is 0 Å². The van der Waals surface area contributed by atoms with Gasteiger partial charge in [-0.2, -0.15) is 0 Å². The van der Waals surface area contributed by atoms with Gasteiger partial charge in [0.25, 0.3) is 5.91 Å². The third kappa shape index (κ3) is 5.55. The molecule has 114 valence electrons. The molecule has 0 aromatic heterocycles. The number of hydrogen-bond acceptors (Lipinski definition) is 3. The molecule has 0 aliphatic rings. The van der Waals surface area contributed by atoms with Crippen molar-refractivity contribution in [3.63, 3.8) is 0 Å². The van der Waals surface area contributed by atoms with E-state index in [1.54, 1.807) is 0 Å². The summed E-state index contributed by atoms with van der Waals surface area (Å²) in [4.78, 5) is 23.7. The maximum Gasteiger partial charge on any atom is 0.573 e. The van der Waals surface area contributed by atoms with Crippen molar-refractivity contribution >= 4 is 11.9 Å². The Bertz CT molecular complexity index is 525. The quantitative estimate of drug-likeness (QED) is 0.819. The van der Waals surface area contributed by atoms with Crippen molar-refractivity contribution in [3.05, 3.63) is 42.5 Å². The molecule has 0 bridgehead atoms. The number of alkyl halides is 3. The van der Waals surface area contributed by atoms with Crippen molar-refractivity contribution in [3.8, 4) is 5.75 Å². The molecular formula is C13H12F3NO4. The highest BCUT2D eigenvalue weighted by Gasteiger charge is 2.31. The summed E-state index contributed by atoms with van der Waals surface area (Å²) in [6, 6.07) is 4.21. The van der Waals surface area contributed by atoms with Gasteiger partial charge >= 0.3 is 12.3 Å². The van der Waals surface area contributed by atoms with Crippen molar-refractivity contribution in [2.45, 2.75) is 6.36 Å². The molecule has 5 nitrogen and oxygen atoms in total. The molecule has 0 aliphatic heterocycles. The molecule has 0 atom stereocenters. The van der Waals surface area contributed by atoms with Crippen LogP contribution in [-0.2, 0) is 4.79 Å². The maximum atomic E-state index is 12.0. The van der Waals surface area contributed by atoms with Crippen LogP contribution in [0.2, 0.25) is 0 Å². The van der Waals surface area contributed by atoms with Gasteiger partial charge in [0.15, 0.2) is 0 Å². The number of ether oxygens (including phenoxy) is 1. The van der Waals surface area contributed by atoms with E-state index in [-0.39, 0.29) is 12.1 Å². The molecule has 8 heteroatoms. The minimum atomic E-state index is -4.82. The number of carboxylic acid groups (broad SMARTS) is 1. The maximum absolute atomic E-state index is 12.0. The zero-order valence-corrected chi connectivity index (χ0v) is 10.8. The third-order valence-corrected chi connectivity index (χ3v) is 2.30. The SMILES string of the molecule is C=CCN(CC(=O)O)C(=O)c1ccc(OC(F)(F)F)cc1. The molecule has 1 N–H and O–H groups in total. The van der Waals surface area contributed by atoms with Gasteiger partial charge in [0.05, 0.1) is 0 Å². The first-order valence-corrected chi connectivity index (χ1v) is 5.70. The number of rotatable bonds is 6. The molecular weight excluding hydrogens is 291 g/mol. The summed E-state index contributed by atoms with van der Waals surface area (Å²) in [6.07, 6.45) is -3.47. The van der Waals surface area contributed by atoms with Gasteiger partial charge in [0.1, 0.15) is 12.3 Å². The Morgan fingerprint density at radius 2 is 1.86 bits per heavy atom. The zero-order valence-electron chi connectivity index (χ0n) is 10.8. The molecule has 21 heavy (non-hydrogen) atoms. The summed E-state index contributed by atoms with van der Waals surface area (Å²) in [5, 5.41) is 8.70. The van der Waals surface area contributed by atoms with Crippen molar-refractivity contribution in [2.75, 3.05) is 13.1 Å². The molecule has 1 rings (SSSR count). The molecule has 0 heterocycles. The number of benzene rings is 1. The predicted octanol–water partition coefficient (Wildman–Crippen LogP) is 2.30. The van der Waals surface area contributed by atoms with Crippen LogP contribution < -0.4 is 4.74 Å². The van der Waals surface area contributed by atoms with E-state index in [4.69, 9.17) is 5.11 Å². The van der Waals surface area contributed by atoms with Crippen LogP contribution in [0.25, 0.3) is 0 Å². The van der Waals surface area contributed by atoms with Crippen LogP contribution in [0.15, 0.2) is 36.9 Å². The summed E-state index contributed by atoms with van der Waals surface area (Å²) in [6.45, 7) is 2.88. The van der Waals surface area contributed by atoms with Crippen LogP contribution in [0.4, 0.5) is 13.2 Å². The lowest BCUT2D eigenvalue weighted by atomic mass is 10.2. The van der Waals surface area contributed by atoms with E-state index in [2.05, 4.69) is 11.3 Å². The van der Waals surface area contributed by atoms with Crippen molar-refractivity contribution in [2.24, 2.45) is 0 Å². The monoisotopic (exact) mass is 303 g/mol. The fourth-order valence-electron chi connectivity index (χ4n) is 1.52. The minimum absolute atomic E-state index is 0.00589. The molecule has 1 aromatic rings. The van der Waals surface area contributed by atoms with Gasteiger partial charge in [0.2, 0.25) is 0 Å². The largest absolute Gasteiger partial charge is 0.573 e. The molecule has 0 aliphatic carbocycles. The lowest BCUT2D eigenvalue weighted by Crippen LogP contribution is -2.35. The van der Waals surface area contributed by atoms with Gasteiger partial charge in [-0.15, -0.1) is 19.8 Å². The third-order valence-electron chi connectivity index (χ3n) is 2.30. The number of hydrogen-bond donors (Lipinski definition) is 1. The number of nitrogens with zero attached hydrogens (tertiary/aromatic N) is 1. The second kappa shape index (κ2) is 6.78. The number of halogens is 3. The van der Waals surface area contributed by atoms with E-state index < -0.39 is 30.5 Å². The van der Waals surface area contributed by atoms with Crippen molar-refractivity contribution in [1.82, 2.24) is 4.90 Å². The smallest absolute Gasteiger partial charge is 0.480 e. The van der Waals surface area contributed by atoms with Gasteiger partial charge in [-0.1, -0.05) is 6.08 Å². The summed E-state index contributed by atoms with van der Waals surface area (Å²) in [5.74, 6) is -2.30. The van der Waals surface area contributed by atoms with Gasteiger partial charge < -0.3 is 14.7 Å². The van der Waals surface area contributed by atoms with Crippen molar-refractivity contribution in [1.29, 1.82) is 0 Å². The lowest BCUT2D eigenvalue weighted by molar-refractivity contribution is -0.274. The normalized spacial score (nSPS) is 10.8. The number of carbonyl (C=O) groups excluding carboxylic acids is 1. The van der Waals surface area contributed by atoms with Gasteiger partial charge in [-0.25, -0.2) is 0 Å². The highest BCUT2D eigenvalue weighted by molar-refractivity contribution is 5.96. The first kappa shape index (κ1) is 16.5. The van der Waals surface area contributed by atoms with Gasteiger partial charge in [-0.05, 0) is 24.3 Å². The van der Waals surface area contributed by atoms with Crippen molar-refractivity contribution < 1.29 is 32.6 Å². The Morgan fingerprint density at radius 3 is 2.29 bits per heavy atom.